The molecule has 0 unspecified atom stereocenters. The van der Waals surface area contributed by atoms with Crippen molar-refractivity contribution in [3.63, 3.8) is 0 Å². The first-order valence-electron chi connectivity index (χ1n) is 7.78. The molecule has 3 rings (SSSR count). The number of anilines is 1. The predicted molar refractivity (Wildman–Crippen MR) is 94.1 cm³/mol. The van der Waals surface area contributed by atoms with Crippen LogP contribution in [0.3, 0.4) is 0 Å². The quantitative estimate of drug-likeness (QED) is 0.810. The summed E-state index contributed by atoms with van der Waals surface area (Å²) in [6.45, 7) is 0. The van der Waals surface area contributed by atoms with Gasteiger partial charge >= 0.3 is 0 Å². The van der Waals surface area contributed by atoms with Crippen LogP contribution in [-0.2, 0) is 16.3 Å². The number of benzene rings is 1. The molecule has 1 amide bonds. The van der Waals surface area contributed by atoms with E-state index < -0.39 is 0 Å². The van der Waals surface area contributed by atoms with Gasteiger partial charge < -0.3 is 5.32 Å². The van der Waals surface area contributed by atoms with Gasteiger partial charge in [0, 0.05) is 22.8 Å². The van der Waals surface area contributed by atoms with E-state index in [9.17, 15) is 9.18 Å². The predicted octanol–water partition coefficient (Wildman–Crippen LogP) is 4.84. The van der Waals surface area contributed by atoms with Gasteiger partial charge in [-0.25, -0.2) is 9.37 Å². The summed E-state index contributed by atoms with van der Waals surface area (Å²) in [7, 11) is 0. The number of rotatable bonds is 6. The number of amides is 1. The molecule has 23 heavy (non-hydrogen) atoms. The topological polar surface area (TPSA) is 42.0 Å². The molecule has 0 radical (unpaired) electrons. The summed E-state index contributed by atoms with van der Waals surface area (Å²) in [6, 6.07) is 6.57. The van der Waals surface area contributed by atoms with Gasteiger partial charge in [0.05, 0.1) is 5.69 Å². The fourth-order valence-corrected chi connectivity index (χ4v) is 4.39. The van der Waals surface area contributed by atoms with E-state index in [0.717, 1.165) is 48.4 Å². The highest BCUT2D eigenvalue weighted by molar-refractivity contribution is 7.97. The van der Waals surface area contributed by atoms with Crippen LogP contribution in [0.1, 0.15) is 36.9 Å². The van der Waals surface area contributed by atoms with Crippen LogP contribution in [0.25, 0.3) is 0 Å². The van der Waals surface area contributed by atoms with E-state index >= 15 is 0 Å². The van der Waals surface area contributed by atoms with Crippen LogP contribution >= 0.6 is 23.1 Å². The van der Waals surface area contributed by atoms with Crippen LogP contribution in [0.2, 0.25) is 0 Å². The van der Waals surface area contributed by atoms with Crippen LogP contribution < -0.4 is 5.32 Å². The monoisotopic (exact) mass is 350 g/mol. The standard InChI is InChI=1S/C17H19FN2OS2/c18-14-7-5-12(6-8-14)9-22-10-15-11-23-17(19-15)20-16(21)13-3-1-2-4-13/h5-8,11,13H,1-4,9-10H2,(H,19,20,21). The minimum Gasteiger partial charge on any atom is -0.302 e. The van der Waals surface area contributed by atoms with Crippen molar-refractivity contribution >= 4 is 34.1 Å². The largest absolute Gasteiger partial charge is 0.302 e. The van der Waals surface area contributed by atoms with E-state index in [0.29, 0.717) is 5.13 Å². The Hall–Kier alpha value is -1.40. The first-order chi connectivity index (χ1) is 11.2. The molecule has 122 valence electrons. The molecule has 1 aromatic carbocycles. The number of nitrogens with one attached hydrogen (secondary N) is 1. The fourth-order valence-electron chi connectivity index (χ4n) is 2.68. The third-order valence-corrected chi connectivity index (χ3v) is 5.78. The van der Waals surface area contributed by atoms with Crippen molar-refractivity contribution in [2.75, 3.05) is 5.32 Å². The number of carbonyl (C=O) groups excluding carboxylic acids is 1. The normalized spacial score (nSPS) is 15.0. The molecule has 1 aromatic heterocycles. The Morgan fingerprint density at radius 3 is 2.74 bits per heavy atom. The van der Waals surface area contributed by atoms with Gasteiger partial charge in [-0.3, -0.25) is 4.79 Å². The molecule has 0 saturated heterocycles. The molecule has 1 saturated carbocycles. The molecule has 3 nitrogen and oxygen atoms in total. The van der Waals surface area contributed by atoms with Crippen molar-refractivity contribution in [1.29, 1.82) is 0 Å². The lowest BCUT2D eigenvalue weighted by Crippen LogP contribution is -2.20. The molecule has 1 N–H and O–H groups in total. The van der Waals surface area contributed by atoms with E-state index in [4.69, 9.17) is 0 Å². The SMILES string of the molecule is O=C(Nc1nc(CSCc2ccc(F)cc2)cs1)C1CCCC1. The van der Waals surface area contributed by atoms with E-state index in [1.807, 2.05) is 5.38 Å². The molecular weight excluding hydrogens is 331 g/mol. The molecule has 0 atom stereocenters. The number of carbonyl (C=O) groups is 1. The van der Waals surface area contributed by atoms with Gasteiger partial charge in [0.2, 0.25) is 5.91 Å². The summed E-state index contributed by atoms with van der Waals surface area (Å²) in [5.41, 5.74) is 2.07. The zero-order valence-electron chi connectivity index (χ0n) is 12.8. The Kier molecular flexibility index (Phi) is 5.67. The maximum Gasteiger partial charge on any atom is 0.229 e. The Bertz CT molecular complexity index is 651. The van der Waals surface area contributed by atoms with Crippen molar-refractivity contribution in [3.8, 4) is 0 Å². The number of hydrogen-bond acceptors (Lipinski definition) is 4. The molecule has 0 aliphatic heterocycles. The molecule has 0 spiro atoms. The van der Waals surface area contributed by atoms with Gasteiger partial charge in [0.15, 0.2) is 5.13 Å². The summed E-state index contributed by atoms with van der Waals surface area (Å²) in [6.07, 6.45) is 4.30. The lowest BCUT2D eigenvalue weighted by molar-refractivity contribution is -0.119. The van der Waals surface area contributed by atoms with Gasteiger partial charge in [-0.15, -0.1) is 11.3 Å². The van der Waals surface area contributed by atoms with Crippen molar-refractivity contribution in [1.82, 2.24) is 4.98 Å². The second-order valence-electron chi connectivity index (χ2n) is 5.73. The zero-order valence-corrected chi connectivity index (χ0v) is 14.4. The zero-order chi connectivity index (χ0) is 16.1. The highest BCUT2D eigenvalue weighted by Crippen LogP contribution is 2.27. The van der Waals surface area contributed by atoms with E-state index in [1.165, 1.54) is 23.5 Å². The smallest absolute Gasteiger partial charge is 0.229 e. The molecule has 1 heterocycles. The first kappa shape index (κ1) is 16.5. The molecule has 1 fully saturated rings. The highest BCUT2D eigenvalue weighted by Gasteiger charge is 2.23. The van der Waals surface area contributed by atoms with Crippen molar-refractivity contribution < 1.29 is 9.18 Å². The first-order valence-corrected chi connectivity index (χ1v) is 9.81. The minimum absolute atomic E-state index is 0.113. The van der Waals surface area contributed by atoms with Crippen molar-refractivity contribution in [3.05, 3.63) is 46.7 Å². The van der Waals surface area contributed by atoms with Gasteiger partial charge in [-0.05, 0) is 30.5 Å². The number of thiazole rings is 1. The van der Waals surface area contributed by atoms with Crippen molar-refractivity contribution in [2.24, 2.45) is 5.92 Å². The van der Waals surface area contributed by atoms with E-state index in [2.05, 4.69) is 10.3 Å². The maximum absolute atomic E-state index is 12.8. The average molecular weight is 350 g/mol. The highest BCUT2D eigenvalue weighted by atomic mass is 32.2. The van der Waals surface area contributed by atoms with E-state index in [1.54, 1.807) is 23.9 Å². The second-order valence-corrected chi connectivity index (χ2v) is 7.58. The Balaban J connectivity index is 1.45. The summed E-state index contributed by atoms with van der Waals surface area (Å²) in [5, 5.41) is 5.62. The number of aromatic nitrogens is 1. The van der Waals surface area contributed by atoms with Crippen LogP contribution in [0.5, 0.6) is 0 Å². The van der Waals surface area contributed by atoms with Crippen molar-refractivity contribution in [2.45, 2.75) is 37.2 Å². The lowest BCUT2D eigenvalue weighted by Gasteiger charge is -2.07. The molecule has 2 aromatic rings. The van der Waals surface area contributed by atoms with Crippen LogP contribution in [0, 0.1) is 11.7 Å². The van der Waals surface area contributed by atoms with Gasteiger partial charge in [0.25, 0.3) is 0 Å². The molecular formula is C17H19FN2OS2. The van der Waals surface area contributed by atoms with E-state index in [-0.39, 0.29) is 17.6 Å². The summed E-state index contributed by atoms with van der Waals surface area (Å²) in [4.78, 5) is 16.5. The fraction of sp³-hybridized carbons (Fsp3) is 0.412. The minimum atomic E-state index is -0.208. The van der Waals surface area contributed by atoms with Crippen LogP contribution in [0.15, 0.2) is 29.6 Å². The summed E-state index contributed by atoms with van der Waals surface area (Å²) in [5.74, 6) is 1.67. The van der Waals surface area contributed by atoms with Gasteiger partial charge in [-0.2, -0.15) is 11.8 Å². The third kappa shape index (κ3) is 4.78. The molecule has 0 bridgehead atoms. The Labute approximate surface area is 143 Å². The molecule has 1 aliphatic rings. The molecule has 6 heteroatoms. The molecule has 1 aliphatic carbocycles. The summed E-state index contributed by atoms with van der Waals surface area (Å²) < 4.78 is 12.8. The average Bonchev–Trinajstić information content (AvgIpc) is 3.21. The lowest BCUT2D eigenvalue weighted by atomic mass is 10.1. The maximum atomic E-state index is 12.8. The number of hydrogen-bond donors (Lipinski definition) is 1. The van der Waals surface area contributed by atoms with Gasteiger partial charge in [-0.1, -0.05) is 25.0 Å². The second kappa shape index (κ2) is 7.93. The third-order valence-electron chi connectivity index (χ3n) is 3.94. The number of halogens is 1. The summed E-state index contributed by atoms with van der Waals surface area (Å²) >= 11 is 3.21. The Morgan fingerprint density at radius 1 is 1.26 bits per heavy atom. The Morgan fingerprint density at radius 2 is 2.00 bits per heavy atom. The number of thioether (sulfide) groups is 1. The number of nitrogens with zero attached hydrogens (tertiary/aromatic N) is 1. The van der Waals surface area contributed by atoms with Crippen LogP contribution in [-0.4, -0.2) is 10.9 Å². The van der Waals surface area contributed by atoms with Crippen LogP contribution in [0.4, 0.5) is 9.52 Å². The van der Waals surface area contributed by atoms with Gasteiger partial charge in [0.1, 0.15) is 5.82 Å².